The van der Waals surface area contributed by atoms with E-state index in [1.54, 1.807) is 36.4 Å². The van der Waals surface area contributed by atoms with Gasteiger partial charge in [0.25, 0.3) is 0 Å². The van der Waals surface area contributed by atoms with Crippen LogP contribution in [0.1, 0.15) is 17.5 Å². The van der Waals surface area contributed by atoms with Gasteiger partial charge >= 0.3 is 0 Å². The Balaban J connectivity index is 2.06. The van der Waals surface area contributed by atoms with E-state index >= 15 is 0 Å². The number of carbonyl (C=O) groups is 1. The SMILES string of the molecule is NC(=O)C1(Nc2ccc(Cl)cc2)CCc2c(F)cccc21. The fourth-order valence-electron chi connectivity index (χ4n) is 2.89. The summed E-state index contributed by atoms with van der Waals surface area (Å²) in [6.45, 7) is 0. The predicted molar refractivity (Wildman–Crippen MR) is 80.7 cm³/mol. The number of halogens is 2. The zero-order chi connectivity index (χ0) is 15.0. The van der Waals surface area contributed by atoms with Gasteiger partial charge in [0.2, 0.25) is 5.91 Å². The highest BCUT2D eigenvalue weighted by Crippen LogP contribution is 2.40. The van der Waals surface area contributed by atoms with Crippen LogP contribution in [0, 0.1) is 5.82 Å². The molecule has 0 fully saturated rings. The van der Waals surface area contributed by atoms with Crippen molar-refractivity contribution in [1.29, 1.82) is 0 Å². The highest BCUT2D eigenvalue weighted by Gasteiger charge is 2.45. The normalized spacial score (nSPS) is 20.1. The summed E-state index contributed by atoms with van der Waals surface area (Å²) in [5, 5.41) is 3.77. The summed E-state index contributed by atoms with van der Waals surface area (Å²) in [6.07, 6.45) is 0.909. The number of hydrogen-bond donors (Lipinski definition) is 2. The maximum atomic E-state index is 13.9. The van der Waals surface area contributed by atoms with E-state index in [0.29, 0.717) is 29.0 Å². The van der Waals surface area contributed by atoms with E-state index in [-0.39, 0.29) is 5.82 Å². The summed E-state index contributed by atoms with van der Waals surface area (Å²) < 4.78 is 13.9. The highest BCUT2D eigenvalue weighted by molar-refractivity contribution is 6.30. The van der Waals surface area contributed by atoms with Crippen molar-refractivity contribution in [2.45, 2.75) is 18.4 Å². The van der Waals surface area contributed by atoms with Gasteiger partial charge in [-0.25, -0.2) is 4.39 Å². The number of primary amides is 1. The smallest absolute Gasteiger partial charge is 0.247 e. The second kappa shape index (κ2) is 5.04. The third-order valence-corrected chi connectivity index (χ3v) is 4.20. The number of hydrogen-bond acceptors (Lipinski definition) is 2. The first-order valence-electron chi connectivity index (χ1n) is 6.64. The van der Waals surface area contributed by atoms with Gasteiger partial charge in [-0.2, -0.15) is 0 Å². The van der Waals surface area contributed by atoms with Crippen molar-refractivity contribution in [2.24, 2.45) is 5.73 Å². The van der Waals surface area contributed by atoms with Gasteiger partial charge in [-0.15, -0.1) is 0 Å². The summed E-state index contributed by atoms with van der Waals surface area (Å²) in [4.78, 5) is 12.1. The molecule has 1 atom stereocenters. The number of amides is 1. The zero-order valence-corrected chi connectivity index (χ0v) is 12.0. The maximum Gasteiger partial charge on any atom is 0.247 e. The molecule has 1 amide bonds. The van der Waals surface area contributed by atoms with E-state index in [1.807, 2.05) is 0 Å². The Labute approximate surface area is 126 Å². The first-order valence-corrected chi connectivity index (χ1v) is 7.02. The average molecular weight is 305 g/mol. The van der Waals surface area contributed by atoms with Crippen LogP contribution in [0.4, 0.5) is 10.1 Å². The molecule has 0 aliphatic heterocycles. The second-order valence-electron chi connectivity index (χ2n) is 5.17. The van der Waals surface area contributed by atoms with Gasteiger partial charge in [-0.1, -0.05) is 23.7 Å². The number of anilines is 1. The van der Waals surface area contributed by atoms with Gasteiger partial charge in [0.1, 0.15) is 11.4 Å². The van der Waals surface area contributed by atoms with Gasteiger partial charge in [0, 0.05) is 10.7 Å². The Morgan fingerprint density at radius 3 is 2.62 bits per heavy atom. The third kappa shape index (κ3) is 2.25. The lowest BCUT2D eigenvalue weighted by Gasteiger charge is -2.29. The molecular weight excluding hydrogens is 291 g/mol. The molecule has 0 bridgehead atoms. The summed E-state index contributed by atoms with van der Waals surface area (Å²) >= 11 is 5.86. The van der Waals surface area contributed by atoms with E-state index in [2.05, 4.69) is 5.32 Å². The first-order chi connectivity index (χ1) is 10.0. The van der Waals surface area contributed by atoms with Crippen LogP contribution >= 0.6 is 11.6 Å². The molecule has 2 aromatic rings. The summed E-state index contributed by atoms with van der Waals surface area (Å²) in [5.41, 5.74) is 6.43. The molecule has 3 rings (SSSR count). The van der Waals surface area contributed by atoms with Gasteiger partial charge in [0.05, 0.1) is 0 Å². The van der Waals surface area contributed by atoms with Crippen LogP contribution in [0.2, 0.25) is 5.02 Å². The maximum absolute atomic E-state index is 13.9. The Bertz CT molecular complexity index is 702. The molecule has 5 heteroatoms. The van der Waals surface area contributed by atoms with Crippen LogP contribution in [0.15, 0.2) is 42.5 Å². The summed E-state index contributed by atoms with van der Waals surface area (Å²) in [7, 11) is 0. The van der Waals surface area contributed by atoms with Crippen LogP contribution in [0.5, 0.6) is 0 Å². The Morgan fingerprint density at radius 2 is 1.95 bits per heavy atom. The molecular formula is C16H14ClFN2O. The average Bonchev–Trinajstić information content (AvgIpc) is 2.83. The minimum atomic E-state index is -1.08. The number of carbonyl (C=O) groups excluding carboxylic acids is 1. The van der Waals surface area contributed by atoms with Crippen molar-refractivity contribution in [3.05, 3.63) is 64.4 Å². The zero-order valence-electron chi connectivity index (χ0n) is 11.2. The van der Waals surface area contributed by atoms with E-state index in [9.17, 15) is 9.18 Å². The highest BCUT2D eigenvalue weighted by atomic mass is 35.5. The van der Waals surface area contributed by atoms with Crippen molar-refractivity contribution >= 4 is 23.2 Å². The summed E-state index contributed by atoms with van der Waals surface area (Å²) in [6, 6.07) is 11.7. The topological polar surface area (TPSA) is 55.1 Å². The van der Waals surface area contributed by atoms with Gasteiger partial charge in [-0.3, -0.25) is 4.79 Å². The fourth-order valence-corrected chi connectivity index (χ4v) is 3.01. The van der Waals surface area contributed by atoms with E-state index in [0.717, 1.165) is 5.69 Å². The molecule has 0 aromatic heterocycles. The van der Waals surface area contributed by atoms with Gasteiger partial charge in [-0.05, 0) is 54.3 Å². The monoisotopic (exact) mass is 304 g/mol. The van der Waals surface area contributed by atoms with Crippen LogP contribution in [-0.2, 0) is 16.8 Å². The number of fused-ring (bicyclic) bond motifs is 1. The number of nitrogens with one attached hydrogen (secondary N) is 1. The van der Waals surface area contributed by atoms with E-state index in [1.165, 1.54) is 6.07 Å². The summed E-state index contributed by atoms with van der Waals surface area (Å²) in [5.74, 6) is -0.810. The van der Waals surface area contributed by atoms with Crippen molar-refractivity contribution in [3.63, 3.8) is 0 Å². The molecule has 1 unspecified atom stereocenters. The van der Waals surface area contributed by atoms with Gasteiger partial charge in [0.15, 0.2) is 0 Å². The standard InChI is InChI=1S/C16H14ClFN2O/c17-10-4-6-11(7-5-10)20-16(15(19)21)9-8-12-13(16)2-1-3-14(12)18/h1-7,20H,8-9H2,(H2,19,21). The molecule has 0 saturated heterocycles. The molecule has 108 valence electrons. The van der Waals surface area contributed by atoms with E-state index in [4.69, 9.17) is 17.3 Å². The van der Waals surface area contributed by atoms with Crippen LogP contribution in [0.3, 0.4) is 0 Å². The molecule has 1 aliphatic rings. The molecule has 2 aromatic carbocycles. The van der Waals surface area contributed by atoms with Crippen molar-refractivity contribution in [1.82, 2.24) is 0 Å². The molecule has 3 nitrogen and oxygen atoms in total. The quantitative estimate of drug-likeness (QED) is 0.915. The first kappa shape index (κ1) is 13.9. The molecule has 0 heterocycles. The number of nitrogens with two attached hydrogens (primary N) is 1. The molecule has 21 heavy (non-hydrogen) atoms. The molecule has 3 N–H and O–H groups in total. The lowest BCUT2D eigenvalue weighted by atomic mass is 9.90. The van der Waals surface area contributed by atoms with Gasteiger partial charge < -0.3 is 11.1 Å². The molecule has 0 spiro atoms. The Morgan fingerprint density at radius 1 is 1.24 bits per heavy atom. The largest absolute Gasteiger partial charge is 0.368 e. The lowest BCUT2D eigenvalue weighted by molar-refractivity contribution is -0.122. The number of benzene rings is 2. The molecule has 0 radical (unpaired) electrons. The molecule has 1 aliphatic carbocycles. The second-order valence-corrected chi connectivity index (χ2v) is 5.60. The minimum absolute atomic E-state index is 0.298. The fraction of sp³-hybridized carbons (Fsp3) is 0.188. The van der Waals surface area contributed by atoms with Crippen LogP contribution in [0.25, 0.3) is 0 Å². The molecule has 0 saturated carbocycles. The van der Waals surface area contributed by atoms with Crippen LogP contribution in [-0.4, -0.2) is 5.91 Å². The van der Waals surface area contributed by atoms with Crippen LogP contribution < -0.4 is 11.1 Å². The van der Waals surface area contributed by atoms with Crippen molar-refractivity contribution in [3.8, 4) is 0 Å². The Kier molecular flexibility index (Phi) is 3.33. The van der Waals surface area contributed by atoms with Crippen molar-refractivity contribution < 1.29 is 9.18 Å². The van der Waals surface area contributed by atoms with E-state index < -0.39 is 11.4 Å². The third-order valence-electron chi connectivity index (χ3n) is 3.95. The van der Waals surface area contributed by atoms with Crippen molar-refractivity contribution in [2.75, 3.05) is 5.32 Å². The lowest BCUT2D eigenvalue weighted by Crippen LogP contribution is -2.46. The predicted octanol–water partition coefficient (Wildman–Crippen LogP) is 3.22. The minimum Gasteiger partial charge on any atom is -0.368 e. The number of rotatable bonds is 3. The Hall–Kier alpha value is -2.07.